The van der Waals surface area contributed by atoms with Crippen molar-refractivity contribution >= 4 is 27.9 Å². The summed E-state index contributed by atoms with van der Waals surface area (Å²) < 4.78 is 0. The lowest BCUT2D eigenvalue weighted by Crippen LogP contribution is -2.25. The Labute approximate surface area is 112 Å². The normalized spacial score (nSPS) is 10.8. The number of nitrogens with two attached hydrogens (primary N) is 2. The Morgan fingerprint density at radius 3 is 2.61 bits per heavy atom. The zero-order valence-corrected chi connectivity index (χ0v) is 11.8. The van der Waals surface area contributed by atoms with Crippen molar-refractivity contribution in [2.24, 2.45) is 5.73 Å². The van der Waals surface area contributed by atoms with Crippen LogP contribution in [0.25, 0.3) is 0 Å². The molecule has 5 N–H and O–H groups in total. The number of carbonyl (C=O) groups excluding carboxylic acids is 1. The summed E-state index contributed by atoms with van der Waals surface area (Å²) in [7, 11) is 0. The number of thiophene rings is 1. The Hall–Kier alpha value is -1.27. The fourth-order valence-electron chi connectivity index (χ4n) is 1.74. The summed E-state index contributed by atoms with van der Waals surface area (Å²) in [5.74, 6) is -0.464. The minimum absolute atomic E-state index is 0.432. The average molecular weight is 270 g/mol. The predicted octanol–water partition coefficient (Wildman–Crippen LogP) is 1.57. The van der Waals surface area contributed by atoms with Gasteiger partial charge in [0.15, 0.2) is 0 Å². The molecular formula is C12H22N4OS. The van der Waals surface area contributed by atoms with Gasteiger partial charge in [0.2, 0.25) is 0 Å². The minimum atomic E-state index is -0.464. The van der Waals surface area contributed by atoms with Crippen LogP contribution < -0.4 is 16.8 Å². The molecule has 6 heteroatoms. The lowest BCUT2D eigenvalue weighted by molar-refractivity contribution is 0.100. The van der Waals surface area contributed by atoms with Gasteiger partial charge in [-0.3, -0.25) is 4.79 Å². The van der Waals surface area contributed by atoms with Gasteiger partial charge in [-0.15, -0.1) is 11.3 Å². The Morgan fingerprint density at radius 1 is 1.44 bits per heavy atom. The highest BCUT2D eigenvalue weighted by Crippen LogP contribution is 2.28. The van der Waals surface area contributed by atoms with Crippen LogP contribution in [0.2, 0.25) is 0 Å². The van der Waals surface area contributed by atoms with Crippen molar-refractivity contribution in [3.8, 4) is 0 Å². The molecule has 1 rings (SSSR count). The van der Waals surface area contributed by atoms with E-state index in [9.17, 15) is 4.79 Å². The molecule has 0 fully saturated rings. The molecule has 102 valence electrons. The molecule has 1 amide bonds. The van der Waals surface area contributed by atoms with Crippen molar-refractivity contribution in [1.82, 2.24) is 4.90 Å². The van der Waals surface area contributed by atoms with Gasteiger partial charge in [0.25, 0.3) is 5.91 Å². The van der Waals surface area contributed by atoms with Crippen molar-refractivity contribution in [3.05, 3.63) is 10.9 Å². The number of nitrogens with one attached hydrogen (secondary N) is 1. The van der Waals surface area contributed by atoms with Crippen LogP contribution >= 0.6 is 11.3 Å². The Balaban J connectivity index is 2.36. The molecule has 0 aliphatic heterocycles. The van der Waals surface area contributed by atoms with E-state index in [0.717, 1.165) is 37.6 Å². The molecule has 0 unspecified atom stereocenters. The first-order valence-electron chi connectivity index (χ1n) is 6.23. The quantitative estimate of drug-likeness (QED) is 0.626. The maximum Gasteiger partial charge on any atom is 0.260 e. The molecule has 0 saturated heterocycles. The highest BCUT2D eigenvalue weighted by atomic mass is 32.1. The smallest absolute Gasteiger partial charge is 0.260 e. The third-order valence-corrected chi connectivity index (χ3v) is 3.95. The van der Waals surface area contributed by atoms with Crippen LogP contribution in [0.5, 0.6) is 0 Å². The van der Waals surface area contributed by atoms with Gasteiger partial charge in [-0.2, -0.15) is 0 Å². The van der Waals surface area contributed by atoms with E-state index in [1.165, 1.54) is 11.3 Å². The van der Waals surface area contributed by atoms with E-state index < -0.39 is 5.91 Å². The van der Waals surface area contributed by atoms with Gasteiger partial charge in [0.05, 0.1) is 10.7 Å². The molecule has 0 aromatic carbocycles. The molecule has 0 aliphatic carbocycles. The molecule has 0 bridgehead atoms. The summed E-state index contributed by atoms with van der Waals surface area (Å²) >= 11 is 1.31. The van der Waals surface area contributed by atoms with Crippen molar-refractivity contribution in [2.45, 2.75) is 20.3 Å². The second-order valence-corrected chi connectivity index (χ2v) is 5.12. The van der Waals surface area contributed by atoms with Gasteiger partial charge in [0, 0.05) is 6.54 Å². The zero-order valence-electron chi connectivity index (χ0n) is 11.0. The molecule has 0 aliphatic rings. The highest BCUT2D eigenvalue weighted by molar-refractivity contribution is 7.18. The van der Waals surface area contributed by atoms with Crippen LogP contribution in [-0.4, -0.2) is 37.0 Å². The van der Waals surface area contributed by atoms with Gasteiger partial charge >= 0.3 is 0 Å². The lowest BCUT2D eigenvalue weighted by atomic mass is 10.3. The number of anilines is 2. The van der Waals surface area contributed by atoms with E-state index in [1.807, 2.05) is 0 Å². The van der Waals surface area contributed by atoms with Crippen molar-refractivity contribution in [1.29, 1.82) is 0 Å². The van der Waals surface area contributed by atoms with Crippen LogP contribution in [0, 0.1) is 0 Å². The first kappa shape index (κ1) is 14.8. The van der Waals surface area contributed by atoms with Crippen molar-refractivity contribution in [3.63, 3.8) is 0 Å². The molecule has 1 aromatic rings. The second-order valence-electron chi connectivity index (χ2n) is 4.07. The molecule has 0 radical (unpaired) electrons. The minimum Gasteiger partial charge on any atom is -0.397 e. The molecular weight excluding hydrogens is 248 g/mol. The highest BCUT2D eigenvalue weighted by Gasteiger charge is 2.10. The molecule has 1 aromatic heterocycles. The number of nitrogens with zero attached hydrogens (tertiary/aromatic N) is 1. The van der Waals surface area contributed by atoms with Crippen molar-refractivity contribution < 1.29 is 4.79 Å². The number of rotatable bonds is 8. The number of primary amides is 1. The van der Waals surface area contributed by atoms with Gasteiger partial charge in [0.1, 0.15) is 4.88 Å². The van der Waals surface area contributed by atoms with Gasteiger partial charge in [-0.1, -0.05) is 13.8 Å². The number of nitrogen functional groups attached to an aromatic ring is 1. The Bertz CT molecular complexity index is 387. The largest absolute Gasteiger partial charge is 0.397 e. The molecule has 5 nitrogen and oxygen atoms in total. The Morgan fingerprint density at radius 2 is 2.11 bits per heavy atom. The van der Waals surface area contributed by atoms with Gasteiger partial charge < -0.3 is 21.7 Å². The van der Waals surface area contributed by atoms with Crippen LogP contribution in [-0.2, 0) is 0 Å². The van der Waals surface area contributed by atoms with E-state index >= 15 is 0 Å². The summed E-state index contributed by atoms with van der Waals surface area (Å²) in [4.78, 5) is 13.9. The monoisotopic (exact) mass is 270 g/mol. The van der Waals surface area contributed by atoms with E-state index in [1.54, 1.807) is 6.07 Å². The summed E-state index contributed by atoms with van der Waals surface area (Å²) in [5.41, 5.74) is 11.4. The third kappa shape index (κ3) is 4.19. The predicted molar refractivity (Wildman–Crippen MR) is 78.1 cm³/mol. The Kier molecular flexibility index (Phi) is 5.94. The van der Waals surface area contributed by atoms with Crippen LogP contribution in [0.1, 0.15) is 29.9 Å². The van der Waals surface area contributed by atoms with Gasteiger partial charge in [-0.25, -0.2) is 0 Å². The summed E-state index contributed by atoms with van der Waals surface area (Å²) in [6, 6.07) is 1.77. The maximum absolute atomic E-state index is 11.1. The molecule has 1 heterocycles. The van der Waals surface area contributed by atoms with Gasteiger partial charge in [-0.05, 0) is 32.1 Å². The van der Waals surface area contributed by atoms with Crippen LogP contribution in [0.15, 0.2) is 6.07 Å². The standard InChI is InChI=1S/C12H22N4OS/c1-3-16(4-2)7-5-6-15-10-8-9(13)11(18-10)12(14)17/h8,15H,3-7,13H2,1-2H3,(H2,14,17). The van der Waals surface area contributed by atoms with E-state index in [4.69, 9.17) is 11.5 Å². The first-order valence-corrected chi connectivity index (χ1v) is 7.05. The van der Waals surface area contributed by atoms with E-state index in [-0.39, 0.29) is 0 Å². The van der Waals surface area contributed by atoms with E-state index in [0.29, 0.717) is 10.6 Å². The van der Waals surface area contributed by atoms with Crippen molar-refractivity contribution in [2.75, 3.05) is 37.2 Å². The van der Waals surface area contributed by atoms with E-state index in [2.05, 4.69) is 24.1 Å². The number of hydrogen-bond donors (Lipinski definition) is 3. The number of amides is 1. The topological polar surface area (TPSA) is 84.4 Å². The summed E-state index contributed by atoms with van der Waals surface area (Å²) in [5, 5.41) is 4.17. The first-order chi connectivity index (χ1) is 8.58. The molecule has 0 spiro atoms. The maximum atomic E-state index is 11.1. The van der Waals surface area contributed by atoms with Crippen LogP contribution in [0.4, 0.5) is 10.7 Å². The molecule has 0 saturated carbocycles. The number of hydrogen-bond acceptors (Lipinski definition) is 5. The third-order valence-electron chi connectivity index (χ3n) is 2.83. The molecule has 18 heavy (non-hydrogen) atoms. The zero-order chi connectivity index (χ0) is 13.5. The lowest BCUT2D eigenvalue weighted by Gasteiger charge is -2.17. The number of carbonyl (C=O) groups is 1. The van der Waals surface area contributed by atoms with Crippen LogP contribution in [0.3, 0.4) is 0 Å². The fraction of sp³-hybridized carbons (Fsp3) is 0.583. The summed E-state index contributed by atoms with van der Waals surface area (Å²) in [6.07, 6.45) is 1.06. The summed E-state index contributed by atoms with van der Waals surface area (Å²) in [6.45, 7) is 8.42. The average Bonchev–Trinajstić information content (AvgIpc) is 2.71. The second kappa shape index (κ2) is 7.23. The SMILES string of the molecule is CCN(CC)CCCNc1cc(N)c(C(N)=O)s1. The fourth-order valence-corrected chi connectivity index (χ4v) is 2.60. The molecule has 0 atom stereocenters.